The maximum absolute atomic E-state index is 12.9. The van der Waals surface area contributed by atoms with Crippen LogP contribution in [0.15, 0.2) is 24.3 Å². The number of halogens is 1. The smallest absolute Gasteiger partial charge is 0.165 e. The number of hydrogen-bond acceptors (Lipinski definition) is 3. The number of carbonyl (C=O) groups is 1. The molecule has 0 aromatic heterocycles. The molecule has 0 amide bonds. The zero-order valence-corrected chi connectivity index (χ0v) is 7.44. The van der Waals surface area contributed by atoms with E-state index in [0.29, 0.717) is 12.9 Å². The minimum absolute atomic E-state index is 0.0964. The van der Waals surface area contributed by atoms with Crippen LogP contribution in [0.1, 0.15) is 11.6 Å². The fourth-order valence-electron chi connectivity index (χ4n) is 1.49. The van der Waals surface area contributed by atoms with Crippen LogP contribution in [0.4, 0.5) is 4.39 Å². The number of rotatable bonds is 2. The fourth-order valence-corrected chi connectivity index (χ4v) is 1.49. The minimum Gasteiger partial charge on any atom is -0.354 e. The highest BCUT2D eigenvalue weighted by molar-refractivity contribution is 5.56. The summed E-state index contributed by atoms with van der Waals surface area (Å²) < 4.78 is 18.0. The molecular formula is C10H10FNO2. The van der Waals surface area contributed by atoms with E-state index in [2.05, 4.69) is 5.32 Å². The highest BCUT2D eigenvalue weighted by atomic mass is 19.1. The SMILES string of the molecule is O=CC1NC(c2cccc(F)c2)CO1. The lowest BCUT2D eigenvalue weighted by Crippen LogP contribution is -2.26. The molecule has 0 bridgehead atoms. The van der Waals surface area contributed by atoms with E-state index in [-0.39, 0.29) is 11.9 Å². The van der Waals surface area contributed by atoms with E-state index in [1.54, 1.807) is 12.1 Å². The summed E-state index contributed by atoms with van der Waals surface area (Å²) in [6.07, 6.45) is 0.127. The van der Waals surface area contributed by atoms with Gasteiger partial charge in [0.2, 0.25) is 0 Å². The summed E-state index contributed by atoms with van der Waals surface area (Å²) in [6.45, 7) is 0.396. The first-order valence-corrected chi connectivity index (χ1v) is 4.38. The maximum atomic E-state index is 12.9. The van der Waals surface area contributed by atoms with E-state index in [1.807, 2.05) is 0 Å². The Kier molecular flexibility index (Phi) is 2.56. The Morgan fingerprint density at radius 2 is 2.43 bits per heavy atom. The van der Waals surface area contributed by atoms with E-state index in [0.717, 1.165) is 5.56 Å². The number of ether oxygens (including phenoxy) is 1. The molecule has 0 radical (unpaired) electrons. The van der Waals surface area contributed by atoms with Gasteiger partial charge < -0.3 is 4.74 Å². The Morgan fingerprint density at radius 3 is 3.07 bits per heavy atom. The Labute approximate surface area is 80.9 Å². The predicted octanol–water partition coefficient (Wildman–Crippen LogP) is 1.01. The van der Waals surface area contributed by atoms with Gasteiger partial charge in [0, 0.05) is 0 Å². The molecule has 0 spiro atoms. The van der Waals surface area contributed by atoms with Crippen molar-refractivity contribution in [1.82, 2.24) is 5.32 Å². The molecule has 1 N–H and O–H groups in total. The van der Waals surface area contributed by atoms with Crippen LogP contribution in [0.25, 0.3) is 0 Å². The minimum atomic E-state index is -0.566. The van der Waals surface area contributed by atoms with Crippen LogP contribution >= 0.6 is 0 Å². The third-order valence-electron chi connectivity index (χ3n) is 2.18. The van der Waals surface area contributed by atoms with Crippen molar-refractivity contribution in [3.63, 3.8) is 0 Å². The Hall–Kier alpha value is -1.26. The van der Waals surface area contributed by atoms with Gasteiger partial charge in [-0.15, -0.1) is 0 Å². The highest BCUT2D eigenvalue weighted by Gasteiger charge is 2.24. The van der Waals surface area contributed by atoms with Gasteiger partial charge in [0.1, 0.15) is 5.82 Å². The summed E-state index contributed by atoms with van der Waals surface area (Å²) in [5.74, 6) is -0.279. The van der Waals surface area contributed by atoms with Gasteiger partial charge in [-0.2, -0.15) is 0 Å². The average Bonchev–Trinajstić information content (AvgIpc) is 2.66. The lowest BCUT2D eigenvalue weighted by Gasteiger charge is -2.08. The van der Waals surface area contributed by atoms with Gasteiger partial charge in [-0.05, 0) is 17.7 Å². The number of benzene rings is 1. The van der Waals surface area contributed by atoms with Gasteiger partial charge in [-0.25, -0.2) is 4.39 Å². The molecule has 0 aliphatic carbocycles. The second kappa shape index (κ2) is 3.86. The largest absolute Gasteiger partial charge is 0.354 e. The van der Waals surface area contributed by atoms with Gasteiger partial charge in [0.15, 0.2) is 12.5 Å². The number of carbonyl (C=O) groups excluding carboxylic acids is 1. The second-order valence-corrected chi connectivity index (χ2v) is 3.16. The summed E-state index contributed by atoms with van der Waals surface area (Å²) in [7, 11) is 0. The lowest BCUT2D eigenvalue weighted by atomic mass is 10.1. The monoisotopic (exact) mass is 195 g/mol. The van der Waals surface area contributed by atoms with Crippen LogP contribution in [0.2, 0.25) is 0 Å². The highest BCUT2D eigenvalue weighted by Crippen LogP contribution is 2.19. The second-order valence-electron chi connectivity index (χ2n) is 3.16. The van der Waals surface area contributed by atoms with Gasteiger partial charge in [0.25, 0.3) is 0 Å². The van der Waals surface area contributed by atoms with Crippen molar-refractivity contribution in [3.05, 3.63) is 35.6 Å². The van der Waals surface area contributed by atoms with Gasteiger partial charge in [-0.1, -0.05) is 12.1 Å². The molecule has 1 aliphatic heterocycles. The molecule has 3 nitrogen and oxygen atoms in total. The van der Waals surface area contributed by atoms with Crippen LogP contribution in [-0.2, 0) is 9.53 Å². The Balaban J connectivity index is 2.13. The van der Waals surface area contributed by atoms with Gasteiger partial charge in [-0.3, -0.25) is 10.1 Å². The van der Waals surface area contributed by atoms with Crippen molar-refractivity contribution < 1.29 is 13.9 Å². The van der Waals surface area contributed by atoms with E-state index in [1.165, 1.54) is 12.1 Å². The van der Waals surface area contributed by atoms with Crippen LogP contribution in [0.5, 0.6) is 0 Å². The Bertz CT molecular complexity index is 343. The summed E-state index contributed by atoms with van der Waals surface area (Å²) in [4.78, 5) is 10.4. The molecule has 2 unspecified atom stereocenters. The van der Waals surface area contributed by atoms with E-state index < -0.39 is 6.23 Å². The molecule has 1 aromatic carbocycles. The maximum Gasteiger partial charge on any atom is 0.165 e. The molecule has 0 saturated carbocycles. The molecule has 2 atom stereocenters. The molecule has 74 valence electrons. The van der Waals surface area contributed by atoms with Crippen molar-refractivity contribution >= 4 is 6.29 Å². The first-order chi connectivity index (χ1) is 6.79. The summed E-state index contributed by atoms with van der Waals surface area (Å²) in [5, 5.41) is 2.93. The van der Waals surface area contributed by atoms with Gasteiger partial charge in [0.05, 0.1) is 12.6 Å². The Morgan fingerprint density at radius 1 is 1.57 bits per heavy atom. The third-order valence-corrected chi connectivity index (χ3v) is 2.18. The zero-order chi connectivity index (χ0) is 9.97. The first-order valence-electron chi connectivity index (χ1n) is 4.38. The number of aldehydes is 1. The predicted molar refractivity (Wildman–Crippen MR) is 48.1 cm³/mol. The van der Waals surface area contributed by atoms with Gasteiger partial charge >= 0.3 is 0 Å². The number of hydrogen-bond donors (Lipinski definition) is 1. The van der Waals surface area contributed by atoms with Crippen LogP contribution in [-0.4, -0.2) is 19.1 Å². The molecule has 1 aliphatic rings. The molecule has 1 heterocycles. The summed E-state index contributed by atoms with van der Waals surface area (Å²) in [6, 6.07) is 6.17. The van der Waals surface area contributed by atoms with Crippen molar-refractivity contribution in [2.75, 3.05) is 6.61 Å². The molecule has 14 heavy (non-hydrogen) atoms. The van der Waals surface area contributed by atoms with Crippen molar-refractivity contribution in [3.8, 4) is 0 Å². The quantitative estimate of drug-likeness (QED) is 0.716. The molecule has 2 rings (SSSR count). The molecular weight excluding hydrogens is 185 g/mol. The standard InChI is InChI=1S/C10H10FNO2/c11-8-3-1-2-7(4-8)9-6-14-10(5-13)12-9/h1-5,9-10,12H,6H2. The third kappa shape index (κ3) is 1.81. The number of nitrogens with one attached hydrogen (secondary N) is 1. The van der Waals surface area contributed by atoms with E-state index in [4.69, 9.17) is 4.74 Å². The first kappa shape index (κ1) is 9.30. The topological polar surface area (TPSA) is 38.3 Å². The van der Waals surface area contributed by atoms with E-state index in [9.17, 15) is 9.18 Å². The normalized spacial score (nSPS) is 26.4. The fraction of sp³-hybridized carbons (Fsp3) is 0.300. The van der Waals surface area contributed by atoms with E-state index >= 15 is 0 Å². The van der Waals surface area contributed by atoms with Crippen molar-refractivity contribution in [2.24, 2.45) is 0 Å². The average molecular weight is 195 g/mol. The summed E-state index contributed by atoms with van der Waals surface area (Å²) >= 11 is 0. The molecule has 1 saturated heterocycles. The zero-order valence-electron chi connectivity index (χ0n) is 7.44. The van der Waals surface area contributed by atoms with Crippen LogP contribution in [0.3, 0.4) is 0 Å². The van der Waals surface area contributed by atoms with Crippen molar-refractivity contribution in [2.45, 2.75) is 12.3 Å². The van der Waals surface area contributed by atoms with Crippen LogP contribution < -0.4 is 5.32 Å². The molecule has 1 aromatic rings. The van der Waals surface area contributed by atoms with Crippen molar-refractivity contribution in [1.29, 1.82) is 0 Å². The molecule has 4 heteroatoms. The summed E-state index contributed by atoms with van der Waals surface area (Å²) in [5.41, 5.74) is 0.800. The molecule has 1 fully saturated rings. The lowest BCUT2D eigenvalue weighted by molar-refractivity contribution is -0.116. The van der Waals surface area contributed by atoms with Crippen LogP contribution in [0, 0.1) is 5.82 Å².